The topological polar surface area (TPSA) is 67.3 Å². The van der Waals surface area contributed by atoms with E-state index in [1.807, 2.05) is 13.0 Å². The summed E-state index contributed by atoms with van der Waals surface area (Å²) in [6.45, 7) is 3.19. The van der Waals surface area contributed by atoms with E-state index in [-0.39, 0.29) is 5.75 Å². The first-order chi connectivity index (χ1) is 9.19. The van der Waals surface area contributed by atoms with E-state index >= 15 is 0 Å². The molecule has 0 bridgehead atoms. The van der Waals surface area contributed by atoms with Crippen molar-refractivity contribution >= 4 is 0 Å². The Morgan fingerprint density at radius 2 is 2.05 bits per heavy atom. The first kappa shape index (κ1) is 13.3. The minimum atomic E-state index is 0.150. The summed E-state index contributed by atoms with van der Waals surface area (Å²) in [5.41, 5.74) is 2.78. The van der Waals surface area contributed by atoms with Gasteiger partial charge in [0.2, 0.25) is 0 Å². The third-order valence-electron chi connectivity index (χ3n) is 2.71. The number of phenolic OH excluding ortho intramolecular Hbond substituents is 1. The molecule has 0 radical (unpaired) electrons. The summed E-state index contributed by atoms with van der Waals surface area (Å²) in [7, 11) is 1.53. The van der Waals surface area contributed by atoms with Crippen molar-refractivity contribution in [3.63, 3.8) is 0 Å². The predicted molar refractivity (Wildman–Crippen MR) is 72.0 cm³/mol. The molecule has 100 valence electrons. The van der Waals surface area contributed by atoms with E-state index in [4.69, 9.17) is 4.74 Å². The number of hydrogen-bond acceptors (Lipinski definition) is 5. The fourth-order valence-corrected chi connectivity index (χ4v) is 1.69. The van der Waals surface area contributed by atoms with Gasteiger partial charge in [0.05, 0.1) is 18.5 Å². The third kappa shape index (κ3) is 3.66. The number of aromatic nitrogens is 2. The molecular formula is C14H17N3O2. The minimum Gasteiger partial charge on any atom is -0.504 e. The highest BCUT2D eigenvalue weighted by molar-refractivity contribution is 5.41. The fraction of sp³-hybridized carbons (Fsp3) is 0.286. The SMILES string of the molecule is COc1ccc(CNCc2cnc(C)cn2)cc1O. The summed E-state index contributed by atoms with van der Waals surface area (Å²) in [6.07, 6.45) is 3.50. The van der Waals surface area contributed by atoms with Gasteiger partial charge in [0, 0.05) is 25.5 Å². The quantitative estimate of drug-likeness (QED) is 0.857. The van der Waals surface area contributed by atoms with Crippen molar-refractivity contribution in [1.29, 1.82) is 0 Å². The Bertz CT molecular complexity index is 541. The number of ether oxygens (including phenoxy) is 1. The molecule has 2 aromatic rings. The fourth-order valence-electron chi connectivity index (χ4n) is 1.69. The third-order valence-corrected chi connectivity index (χ3v) is 2.71. The molecule has 0 amide bonds. The Morgan fingerprint density at radius 3 is 2.68 bits per heavy atom. The molecule has 0 fully saturated rings. The van der Waals surface area contributed by atoms with Gasteiger partial charge in [0.25, 0.3) is 0 Å². The van der Waals surface area contributed by atoms with Crippen LogP contribution in [0, 0.1) is 6.92 Å². The summed E-state index contributed by atoms with van der Waals surface area (Å²) >= 11 is 0. The number of benzene rings is 1. The van der Waals surface area contributed by atoms with Crippen molar-refractivity contribution in [1.82, 2.24) is 15.3 Å². The normalized spacial score (nSPS) is 10.4. The van der Waals surface area contributed by atoms with Gasteiger partial charge in [-0.1, -0.05) is 6.07 Å². The van der Waals surface area contributed by atoms with E-state index in [0.717, 1.165) is 17.0 Å². The summed E-state index contributed by atoms with van der Waals surface area (Å²) in [6, 6.07) is 5.34. The Kier molecular flexibility index (Phi) is 4.30. The van der Waals surface area contributed by atoms with Crippen LogP contribution in [0.2, 0.25) is 0 Å². The minimum absolute atomic E-state index is 0.150. The number of nitrogens with one attached hydrogen (secondary N) is 1. The zero-order chi connectivity index (χ0) is 13.7. The van der Waals surface area contributed by atoms with E-state index in [0.29, 0.717) is 18.8 Å². The Morgan fingerprint density at radius 1 is 1.21 bits per heavy atom. The molecule has 1 aromatic heterocycles. The van der Waals surface area contributed by atoms with Gasteiger partial charge in [-0.2, -0.15) is 0 Å². The lowest BCUT2D eigenvalue weighted by molar-refractivity contribution is 0.373. The average molecular weight is 259 g/mol. The van der Waals surface area contributed by atoms with Gasteiger partial charge in [-0.25, -0.2) is 0 Å². The number of phenols is 1. The van der Waals surface area contributed by atoms with Crippen LogP contribution in [0.3, 0.4) is 0 Å². The lowest BCUT2D eigenvalue weighted by atomic mass is 10.2. The molecule has 0 saturated carbocycles. The molecule has 0 aliphatic heterocycles. The Labute approximate surface area is 112 Å². The summed E-state index contributed by atoms with van der Waals surface area (Å²) in [4.78, 5) is 8.44. The molecule has 2 rings (SSSR count). The van der Waals surface area contributed by atoms with Crippen molar-refractivity contribution in [2.24, 2.45) is 0 Å². The molecule has 2 N–H and O–H groups in total. The van der Waals surface area contributed by atoms with Gasteiger partial charge >= 0.3 is 0 Å². The molecule has 0 aliphatic rings. The number of aromatic hydroxyl groups is 1. The summed E-state index contributed by atoms with van der Waals surface area (Å²) < 4.78 is 5.00. The zero-order valence-corrected chi connectivity index (χ0v) is 11.1. The zero-order valence-electron chi connectivity index (χ0n) is 11.1. The van der Waals surface area contributed by atoms with Crippen LogP contribution < -0.4 is 10.1 Å². The number of aryl methyl sites for hydroxylation is 1. The van der Waals surface area contributed by atoms with Crippen molar-refractivity contribution in [2.75, 3.05) is 7.11 Å². The van der Waals surface area contributed by atoms with Crippen LogP contribution in [0.15, 0.2) is 30.6 Å². The van der Waals surface area contributed by atoms with Crippen LogP contribution in [-0.2, 0) is 13.1 Å². The second-order valence-electron chi connectivity index (χ2n) is 4.26. The predicted octanol–water partition coefficient (Wildman–Crippen LogP) is 1.79. The number of methoxy groups -OCH3 is 1. The first-order valence-corrected chi connectivity index (χ1v) is 6.03. The molecule has 19 heavy (non-hydrogen) atoms. The van der Waals surface area contributed by atoms with Gasteiger partial charge in [-0.15, -0.1) is 0 Å². The molecule has 0 aliphatic carbocycles. The molecule has 1 aromatic carbocycles. The molecule has 0 spiro atoms. The molecule has 0 saturated heterocycles. The van der Waals surface area contributed by atoms with E-state index in [1.165, 1.54) is 7.11 Å². The van der Waals surface area contributed by atoms with Gasteiger partial charge in [-0.05, 0) is 24.6 Å². The average Bonchev–Trinajstić information content (AvgIpc) is 2.41. The van der Waals surface area contributed by atoms with Crippen LogP contribution in [0.4, 0.5) is 0 Å². The Hall–Kier alpha value is -2.14. The van der Waals surface area contributed by atoms with Crippen molar-refractivity contribution < 1.29 is 9.84 Å². The van der Waals surface area contributed by atoms with E-state index in [1.54, 1.807) is 24.5 Å². The highest BCUT2D eigenvalue weighted by Crippen LogP contribution is 2.25. The monoisotopic (exact) mass is 259 g/mol. The van der Waals surface area contributed by atoms with Gasteiger partial charge in [0.15, 0.2) is 11.5 Å². The van der Waals surface area contributed by atoms with Gasteiger partial charge < -0.3 is 15.2 Å². The number of hydrogen-bond donors (Lipinski definition) is 2. The highest BCUT2D eigenvalue weighted by Gasteiger charge is 2.02. The standard InChI is InChI=1S/C14H17N3O2/c1-10-6-17-12(9-16-10)8-15-7-11-3-4-14(19-2)13(18)5-11/h3-6,9,15,18H,7-8H2,1-2H3. The number of rotatable bonds is 5. The van der Waals surface area contributed by atoms with E-state index < -0.39 is 0 Å². The Balaban J connectivity index is 1.88. The van der Waals surface area contributed by atoms with Crippen LogP contribution in [0.25, 0.3) is 0 Å². The molecule has 5 nitrogen and oxygen atoms in total. The van der Waals surface area contributed by atoms with E-state index in [9.17, 15) is 5.11 Å². The molecule has 0 unspecified atom stereocenters. The highest BCUT2D eigenvalue weighted by atomic mass is 16.5. The largest absolute Gasteiger partial charge is 0.504 e. The smallest absolute Gasteiger partial charge is 0.160 e. The second-order valence-corrected chi connectivity index (χ2v) is 4.26. The van der Waals surface area contributed by atoms with Crippen molar-refractivity contribution in [2.45, 2.75) is 20.0 Å². The van der Waals surface area contributed by atoms with Crippen LogP contribution in [0.1, 0.15) is 17.0 Å². The summed E-state index contributed by atoms with van der Waals surface area (Å²) in [5, 5.41) is 12.9. The summed E-state index contributed by atoms with van der Waals surface area (Å²) in [5.74, 6) is 0.630. The molecule has 1 heterocycles. The number of nitrogens with zero attached hydrogens (tertiary/aromatic N) is 2. The van der Waals surface area contributed by atoms with Gasteiger partial charge in [-0.3, -0.25) is 9.97 Å². The van der Waals surface area contributed by atoms with Crippen molar-refractivity contribution in [3.8, 4) is 11.5 Å². The van der Waals surface area contributed by atoms with Gasteiger partial charge in [0.1, 0.15) is 0 Å². The molecule has 0 atom stereocenters. The first-order valence-electron chi connectivity index (χ1n) is 6.03. The van der Waals surface area contributed by atoms with E-state index in [2.05, 4.69) is 15.3 Å². The van der Waals surface area contributed by atoms with Crippen LogP contribution in [0.5, 0.6) is 11.5 Å². The van der Waals surface area contributed by atoms with Crippen molar-refractivity contribution in [3.05, 3.63) is 47.5 Å². The maximum Gasteiger partial charge on any atom is 0.160 e. The lowest BCUT2D eigenvalue weighted by Crippen LogP contribution is -2.13. The molecular weight excluding hydrogens is 242 g/mol. The second kappa shape index (κ2) is 6.15. The maximum atomic E-state index is 9.66. The maximum absolute atomic E-state index is 9.66. The van der Waals surface area contributed by atoms with Crippen LogP contribution in [-0.4, -0.2) is 22.2 Å². The lowest BCUT2D eigenvalue weighted by Gasteiger charge is -2.07. The van der Waals surface area contributed by atoms with Crippen LogP contribution >= 0.6 is 0 Å². The molecule has 5 heteroatoms.